The zero-order valence-corrected chi connectivity index (χ0v) is 21.7. The van der Waals surface area contributed by atoms with Crippen molar-refractivity contribution >= 4 is 36.7 Å². The smallest absolute Gasteiger partial charge is 0.526 e. The van der Waals surface area contributed by atoms with Gasteiger partial charge in [0.1, 0.15) is 35.5 Å². The van der Waals surface area contributed by atoms with Gasteiger partial charge >= 0.3 is 30.9 Å². The van der Waals surface area contributed by atoms with Gasteiger partial charge in [-0.05, 0) is 24.5 Å². The highest BCUT2D eigenvalue weighted by atomic mass is 19.1. The van der Waals surface area contributed by atoms with Gasteiger partial charge in [-0.25, -0.2) is 18.4 Å². The molecule has 13 nitrogen and oxygen atoms in total. The van der Waals surface area contributed by atoms with Gasteiger partial charge in [0.05, 0.1) is 6.20 Å². The summed E-state index contributed by atoms with van der Waals surface area (Å²) in [6, 6.07) is 0.752. The zero-order chi connectivity index (χ0) is 30.0. The molecule has 4 N–H and O–H groups in total. The Morgan fingerprint density at radius 3 is 2.63 bits per heavy atom. The van der Waals surface area contributed by atoms with Gasteiger partial charge in [0.2, 0.25) is 0 Å². The Morgan fingerprint density at radius 2 is 1.98 bits per heavy atom. The van der Waals surface area contributed by atoms with Crippen molar-refractivity contribution in [2.45, 2.75) is 31.6 Å². The second kappa shape index (κ2) is 11.9. The molecule has 16 heteroatoms. The number of aromatic carboxylic acids is 1. The van der Waals surface area contributed by atoms with Crippen LogP contribution < -0.4 is 9.97 Å². The average Bonchev–Trinajstić information content (AvgIpc) is 2.90. The number of pyridine rings is 1. The molecule has 2 aliphatic heterocycles. The number of nitrogens with zero attached hydrogens (tertiary/aromatic N) is 3. The molecule has 41 heavy (non-hydrogen) atoms. The number of ketones is 1. The van der Waals surface area contributed by atoms with Crippen molar-refractivity contribution in [3.63, 3.8) is 0 Å². The minimum absolute atomic E-state index is 0.00151. The summed E-state index contributed by atoms with van der Waals surface area (Å²) in [6.07, 6.45) is 0.319. The second-order valence-corrected chi connectivity index (χ2v) is 9.57. The fourth-order valence-corrected chi connectivity index (χ4v) is 4.77. The van der Waals surface area contributed by atoms with Gasteiger partial charge in [0, 0.05) is 37.9 Å². The van der Waals surface area contributed by atoms with Crippen LogP contribution in [0.5, 0.6) is 11.5 Å². The van der Waals surface area contributed by atoms with Crippen LogP contribution in [0.15, 0.2) is 24.4 Å². The number of benzene rings is 1. The summed E-state index contributed by atoms with van der Waals surface area (Å²) < 4.78 is 32.9. The molecule has 1 fully saturated rings. The zero-order valence-electron chi connectivity index (χ0n) is 21.7. The molecule has 3 heterocycles. The Balaban J connectivity index is 1.58. The standard InChI is InChI=1S/C25H25BF2N4O9/c1-12-2-3-13-8-14(26(40)41-21(13)18(12)24(37)38)9-17(34)20(19-16(28)10-15(33)11-29-19)30-25(39)32-7-6-31(5-4-27)22(35)23(32)36/h2-3,10-11,14,20,33,40H,4-9H2,1H3,(H,30,39)(H,37,38)/t14-,20?/m1/s1. The largest absolute Gasteiger partial charge is 0.535 e. The number of alkyl halides is 1. The summed E-state index contributed by atoms with van der Waals surface area (Å²) in [5.41, 5.74) is 0.0538. The number of aryl methyl sites for hydroxylation is 1. The number of amides is 4. The van der Waals surface area contributed by atoms with Crippen LogP contribution in [0, 0.1) is 12.7 Å². The summed E-state index contributed by atoms with van der Waals surface area (Å²) in [6.45, 7) is -0.158. The van der Waals surface area contributed by atoms with Crippen LogP contribution in [0.3, 0.4) is 0 Å². The van der Waals surface area contributed by atoms with Crippen LogP contribution in [-0.2, 0) is 20.8 Å². The normalized spacial score (nSPS) is 17.6. The molecular formula is C25H25BF2N4O9. The predicted octanol–water partition coefficient (Wildman–Crippen LogP) is 0.769. The molecule has 0 spiro atoms. The van der Waals surface area contributed by atoms with Crippen LogP contribution >= 0.6 is 0 Å². The van der Waals surface area contributed by atoms with Gasteiger partial charge in [-0.1, -0.05) is 12.1 Å². The molecular weight excluding hydrogens is 549 g/mol. The van der Waals surface area contributed by atoms with E-state index in [4.69, 9.17) is 4.65 Å². The number of imide groups is 1. The third-order valence-electron chi connectivity index (χ3n) is 6.88. The molecule has 4 rings (SSSR count). The number of fused-ring (bicyclic) bond motifs is 1. The first kappa shape index (κ1) is 29.4. The predicted molar refractivity (Wildman–Crippen MR) is 135 cm³/mol. The third kappa shape index (κ3) is 5.96. The number of carboxylic acids is 1. The van der Waals surface area contributed by atoms with Crippen molar-refractivity contribution in [3.05, 3.63) is 52.6 Å². The Labute approximate surface area is 231 Å². The van der Waals surface area contributed by atoms with Crippen LogP contribution in [0.25, 0.3) is 0 Å². The van der Waals surface area contributed by atoms with Crippen LogP contribution in [0.4, 0.5) is 13.6 Å². The monoisotopic (exact) mass is 574 g/mol. The minimum atomic E-state index is -1.82. The summed E-state index contributed by atoms with van der Waals surface area (Å²) in [5.74, 6) is -7.26. The number of piperazine rings is 1. The number of nitrogens with one attached hydrogen (secondary N) is 1. The van der Waals surface area contributed by atoms with Gasteiger partial charge in [-0.15, -0.1) is 0 Å². The highest BCUT2D eigenvalue weighted by Gasteiger charge is 2.42. The van der Waals surface area contributed by atoms with E-state index < -0.39 is 78.9 Å². The number of rotatable bonds is 8. The number of aromatic hydroxyl groups is 1. The van der Waals surface area contributed by atoms with Crippen LogP contribution in [-0.4, -0.2) is 93.0 Å². The molecule has 4 amide bonds. The number of urea groups is 1. The van der Waals surface area contributed by atoms with Crippen LogP contribution in [0.2, 0.25) is 5.82 Å². The van der Waals surface area contributed by atoms with Gasteiger partial charge in [0.15, 0.2) is 11.6 Å². The lowest BCUT2D eigenvalue weighted by molar-refractivity contribution is -0.153. The van der Waals surface area contributed by atoms with Crippen molar-refractivity contribution in [2.75, 3.05) is 26.3 Å². The van der Waals surface area contributed by atoms with Gasteiger partial charge in [-0.3, -0.25) is 24.3 Å². The number of Topliss-reactive ketones (excluding diaryl/α,β-unsaturated/α-hetero) is 1. The van der Waals surface area contributed by atoms with Gasteiger partial charge in [0.25, 0.3) is 0 Å². The number of carboxylic acid groups (broad SMARTS) is 1. The molecule has 1 saturated heterocycles. The molecule has 1 aromatic heterocycles. The number of hydrogen-bond donors (Lipinski definition) is 4. The van der Waals surface area contributed by atoms with E-state index in [1.165, 1.54) is 0 Å². The molecule has 2 aromatic rings. The maximum absolute atomic E-state index is 14.8. The molecule has 2 aliphatic rings. The van der Waals surface area contributed by atoms with E-state index in [0.717, 1.165) is 11.1 Å². The van der Waals surface area contributed by atoms with Crippen molar-refractivity contribution in [2.24, 2.45) is 0 Å². The quantitative estimate of drug-likeness (QED) is 0.259. The van der Waals surface area contributed by atoms with Crippen LogP contribution in [0.1, 0.15) is 39.6 Å². The minimum Gasteiger partial charge on any atom is -0.535 e. The summed E-state index contributed by atoms with van der Waals surface area (Å²) in [4.78, 5) is 68.0. The molecule has 2 atom stereocenters. The van der Waals surface area contributed by atoms with E-state index in [2.05, 4.69) is 10.3 Å². The molecule has 1 unspecified atom stereocenters. The van der Waals surface area contributed by atoms with Crippen molar-refractivity contribution in [3.8, 4) is 11.5 Å². The lowest BCUT2D eigenvalue weighted by Crippen LogP contribution is -2.59. The second-order valence-electron chi connectivity index (χ2n) is 9.57. The van der Waals surface area contributed by atoms with Crippen molar-refractivity contribution in [1.29, 1.82) is 0 Å². The summed E-state index contributed by atoms with van der Waals surface area (Å²) >= 11 is 0. The highest BCUT2D eigenvalue weighted by molar-refractivity contribution is 6.47. The first-order chi connectivity index (χ1) is 19.4. The molecule has 1 aromatic carbocycles. The first-order valence-electron chi connectivity index (χ1n) is 12.5. The van der Waals surface area contributed by atoms with E-state index >= 15 is 0 Å². The number of halogens is 2. The Morgan fingerprint density at radius 1 is 1.24 bits per heavy atom. The van der Waals surface area contributed by atoms with E-state index in [1.54, 1.807) is 19.1 Å². The van der Waals surface area contributed by atoms with Crippen molar-refractivity contribution in [1.82, 2.24) is 20.1 Å². The SMILES string of the molecule is Cc1ccc2c(c1C(=O)O)OB(O)[C@@H](CC(=O)C(NC(=O)N1CCN(CCF)C(=O)C1=O)c1ncc(O)cc1F)C2. The van der Waals surface area contributed by atoms with Crippen molar-refractivity contribution < 1.29 is 52.6 Å². The Kier molecular flexibility index (Phi) is 8.51. The molecule has 0 bridgehead atoms. The first-order valence-corrected chi connectivity index (χ1v) is 12.5. The summed E-state index contributed by atoms with van der Waals surface area (Å²) in [7, 11) is -1.64. The van der Waals surface area contributed by atoms with E-state index in [1.807, 2.05) is 0 Å². The number of carbonyl (C=O) groups excluding carboxylic acids is 4. The lowest BCUT2D eigenvalue weighted by atomic mass is 9.64. The Hall–Kier alpha value is -4.60. The number of carbonyl (C=O) groups is 5. The van der Waals surface area contributed by atoms with E-state index in [9.17, 15) is 48.0 Å². The fourth-order valence-electron chi connectivity index (χ4n) is 4.77. The topological polar surface area (TPSA) is 187 Å². The molecule has 0 saturated carbocycles. The molecule has 216 valence electrons. The third-order valence-corrected chi connectivity index (χ3v) is 6.88. The highest BCUT2D eigenvalue weighted by Crippen LogP contribution is 2.38. The molecule has 0 aliphatic carbocycles. The lowest BCUT2D eigenvalue weighted by Gasteiger charge is -2.33. The fraction of sp³-hybridized carbons (Fsp3) is 0.360. The maximum Gasteiger partial charge on any atom is 0.526 e. The Bertz CT molecular complexity index is 1430. The van der Waals surface area contributed by atoms with E-state index in [0.29, 0.717) is 22.1 Å². The molecule has 0 radical (unpaired) electrons. The summed E-state index contributed by atoms with van der Waals surface area (Å²) in [5, 5.41) is 31.9. The average molecular weight is 574 g/mol. The number of aromatic nitrogens is 1. The van der Waals surface area contributed by atoms with Gasteiger partial charge in [-0.2, -0.15) is 0 Å². The van der Waals surface area contributed by atoms with Gasteiger partial charge < -0.3 is 30.1 Å². The number of hydrogen-bond acceptors (Lipinski definition) is 9. The maximum atomic E-state index is 14.8. The van der Waals surface area contributed by atoms with E-state index in [-0.39, 0.29) is 37.4 Å².